The largest absolute Gasteiger partial charge is 0.416 e. The predicted molar refractivity (Wildman–Crippen MR) is 121 cm³/mol. The number of anilines is 1. The van der Waals surface area contributed by atoms with Crippen LogP contribution in [0, 0.1) is 13.8 Å². The Morgan fingerprint density at radius 2 is 1.82 bits per heavy atom. The molecule has 0 unspecified atom stereocenters. The van der Waals surface area contributed by atoms with E-state index in [1.165, 1.54) is 18.2 Å². The van der Waals surface area contributed by atoms with Crippen LogP contribution in [0.3, 0.4) is 0 Å². The molecule has 0 atom stereocenters. The maximum atomic E-state index is 13.2. The number of thiocarbonyl (C=S) groups is 1. The number of rotatable bonds is 3. The molecule has 0 bridgehead atoms. The van der Waals surface area contributed by atoms with Gasteiger partial charge >= 0.3 is 6.18 Å². The van der Waals surface area contributed by atoms with Crippen LogP contribution in [0.15, 0.2) is 60.3 Å². The van der Waals surface area contributed by atoms with E-state index in [4.69, 9.17) is 12.2 Å². The van der Waals surface area contributed by atoms with Crippen LogP contribution in [0.4, 0.5) is 18.9 Å². The molecule has 1 aliphatic rings. The summed E-state index contributed by atoms with van der Waals surface area (Å²) in [5.74, 6) is -0.870. The highest BCUT2D eigenvalue weighted by Crippen LogP contribution is 2.33. The van der Waals surface area contributed by atoms with Gasteiger partial charge in [-0.1, -0.05) is 12.1 Å². The molecule has 1 saturated heterocycles. The lowest BCUT2D eigenvalue weighted by molar-refractivity contribution is -0.137. The molecule has 0 spiro atoms. The summed E-state index contributed by atoms with van der Waals surface area (Å²) in [6, 6.07) is 11.4. The Morgan fingerprint density at radius 3 is 2.48 bits per heavy atom. The van der Waals surface area contributed by atoms with Crippen LogP contribution in [0.5, 0.6) is 0 Å². The molecule has 4 rings (SSSR count). The molecule has 3 heterocycles. The van der Waals surface area contributed by atoms with Crippen molar-refractivity contribution >= 4 is 40.9 Å². The summed E-state index contributed by atoms with van der Waals surface area (Å²) in [5, 5.41) is 2.10. The van der Waals surface area contributed by atoms with Crippen molar-refractivity contribution in [3.63, 3.8) is 0 Å². The van der Waals surface area contributed by atoms with Gasteiger partial charge in [-0.2, -0.15) is 13.2 Å². The zero-order valence-corrected chi connectivity index (χ0v) is 18.3. The van der Waals surface area contributed by atoms with Gasteiger partial charge in [0.25, 0.3) is 11.8 Å². The lowest BCUT2D eigenvalue weighted by atomic mass is 10.1. The standard InChI is InChI=1S/C23H17F3N4O2S/c1-13-10-15(14(2)29(13)19-8-3-4-9-27-19)11-18-20(31)28-22(33)30(21(18)32)17-7-5-6-16(12-17)23(24,25)26/h3-12H,1-2H3,(H,28,31,33)/b18-11+. The number of hydrogen-bond acceptors (Lipinski definition) is 4. The lowest BCUT2D eigenvalue weighted by Gasteiger charge is -2.29. The van der Waals surface area contributed by atoms with E-state index in [0.717, 1.165) is 28.4 Å². The number of nitrogens with one attached hydrogen (secondary N) is 1. The third-order valence-electron chi connectivity index (χ3n) is 5.18. The number of amides is 2. The van der Waals surface area contributed by atoms with Crippen molar-refractivity contribution in [3.05, 3.63) is 82.8 Å². The van der Waals surface area contributed by atoms with Gasteiger partial charge in [0.15, 0.2) is 5.11 Å². The van der Waals surface area contributed by atoms with E-state index in [-0.39, 0.29) is 16.4 Å². The fraction of sp³-hybridized carbons (Fsp3) is 0.130. The molecular weight excluding hydrogens is 453 g/mol. The van der Waals surface area contributed by atoms with Gasteiger partial charge in [0.05, 0.1) is 11.3 Å². The smallest absolute Gasteiger partial charge is 0.303 e. The van der Waals surface area contributed by atoms with Gasteiger partial charge < -0.3 is 4.57 Å². The summed E-state index contributed by atoms with van der Waals surface area (Å²) in [5.41, 5.74) is 0.877. The van der Waals surface area contributed by atoms with Crippen LogP contribution >= 0.6 is 12.2 Å². The summed E-state index contributed by atoms with van der Waals surface area (Å²) in [4.78, 5) is 31.0. The number of halogens is 3. The van der Waals surface area contributed by atoms with Crippen LogP contribution in [-0.4, -0.2) is 26.5 Å². The van der Waals surface area contributed by atoms with Crippen molar-refractivity contribution < 1.29 is 22.8 Å². The molecule has 2 aromatic heterocycles. The molecule has 6 nitrogen and oxygen atoms in total. The zero-order valence-electron chi connectivity index (χ0n) is 17.5. The minimum absolute atomic E-state index is 0.0929. The molecule has 0 saturated carbocycles. The van der Waals surface area contributed by atoms with Crippen molar-refractivity contribution in [2.45, 2.75) is 20.0 Å². The highest BCUT2D eigenvalue weighted by Gasteiger charge is 2.36. The van der Waals surface area contributed by atoms with E-state index >= 15 is 0 Å². The molecule has 1 aliphatic heterocycles. The van der Waals surface area contributed by atoms with Crippen LogP contribution in [0.1, 0.15) is 22.5 Å². The second-order valence-electron chi connectivity index (χ2n) is 7.36. The van der Waals surface area contributed by atoms with E-state index in [2.05, 4.69) is 10.3 Å². The SMILES string of the molecule is Cc1cc(/C=C2\C(=O)NC(=S)N(c3cccc(C(F)(F)F)c3)C2=O)c(C)n1-c1ccccn1. The van der Waals surface area contributed by atoms with Gasteiger partial charge in [0.1, 0.15) is 11.4 Å². The van der Waals surface area contributed by atoms with Crippen molar-refractivity contribution in [2.24, 2.45) is 0 Å². The third kappa shape index (κ3) is 4.17. The molecule has 2 amide bonds. The fourth-order valence-corrected chi connectivity index (χ4v) is 3.92. The molecule has 10 heteroatoms. The van der Waals surface area contributed by atoms with Crippen molar-refractivity contribution in [1.82, 2.24) is 14.9 Å². The van der Waals surface area contributed by atoms with E-state index < -0.39 is 23.6 Å². The topological polar surface area (TPSA) is 67.2 Å². The Balaban J connectivity index is 1.76. The van der Waals surface area contributed by atoms with Crippen molar-refractivity contribution in [1.29, 1.82) is 0 Å². The molecule has 1 fully saturated rings. The summed E-state index contributed by atoms with van der Waals surface area (Å²) < 4.78 is 41.3. The van der Waals surface area contributed by atoms with E-state index in [1.807, 2.05) is 30.5 Å². The molecule has 1 N–H and O–H groups in total. The summed E-state index contributed by atoms with van der Waals surface area (Å²) in [6.07, 6.45) is -1.54. The molecule has 3 aromatic rings. The van der Waals surface area contributed by atoms with Crippen LogP contribution in [0.25, 0.3) is 11.9 Å². The second kappa shape index (κ2) is 8.28. The zero-order chi connectivity index (χ0) is 23.9. The van der Waals surface area contributed by atoms with Gasteiger partial charge in [-0.05, 0) is 74.1 Å². The Hall–Kier alpha value is -3.79. The number of carbonyl (C=O) groups is 2. The van der Waals surface area contributed by atoms with Gasteiger partial charge in [-0.25, -0.2) is 4.98 Å². The summed E-state index contributed by atoms with van der Waals surface area (Å²) >= 11 is 5.08. The Kier molecular flexibility index (Phi) is 5.62. The number of benzene rings is 1. The van der Waals surface area contributed by atoms with Gasteiger partial charge in [-0.15, -0.1) is 0 Å². The van der Waals surface area contributed by atoms with Gasteiger partial charge in [-0.3, -0.25) is 19.8 Å². The number of aromatic nitrogens is 2. The van der Waals surface area contributed by atoms with Crippen LogP contribution in [-0.2, 0) is 15.8 Å². The molecule has 33 heavy (non-hydrogen) atoms. The molecular formula is C23H17F3N4O2S. The first-order valence-electron chi connectivity index (χ1n) is 9.77. The number of aryl methyl sites for hydroxylation is 1. The van der Waals surface area contributed by atoms with E-state index in [9.17, 15) is 22.8 Å². The monoisotopic (exact) mass is 470 g/mol. The van der Waals surface area contributed by atoms with E-state index in [1.54, 1.807) is 18.3 Å². The Labute approximate surface area is 192 Å². The molecule has 0 radical (unpaired) electrons. The first-order valence-corrected chi connectivity index (χ1v) is 10.2. The number of nitrogens with zero attached hydrogens (tertiary/aromatic N) is 3. The van der Waals surface area contributed by atoms with Crippen molar-refractivity contribution in [2.75, 3.05) is 4.90 Å². The summed E-state index contributed by atoms with van der Waals surface area (Å²) in [6.45, 7) is 3.67. The molecule has 0 aliphatic carbocycles. The average Bonchev–Trinajstić information content (AvgIpc) is 3.04. The highest BCUT2D eigenvalue weighted by atomic mass is 32.1. The normalized spacial score (nSPS) is 15.8. The van der Waals surface area contributed by atoms with Crippen LogP contribution in [0.2, 0.25) is 0 Å². The Bertz CT molecular complexity index is 1310. The average molecular weight is 470 g/mol. The van der Waals surface area contributed by atoms with E-state index in [0.29, 0.717) is 11.4 Å². The van der Waals surface area contributed by atoms with Crippen LogP contribution < -0.4 is 10.2 Å². The molecule has 168 valence electrons. The minimum atomic E-state index is -4.60. The van der Waals surface area contributed by atoms with Gasteiger partial charge in [0, 0.05) is 17.6 Å². The number of hydrogen-bond donors (Lipinski definition) is 1. The molecule has 1 aromatic carbocycles. The second-order valence-corrected chi connectivity index (χ2v) is 7.74. The quantitative estimate of drug-likeness (QED) is 0.351. The van der Waals surface area contributed by atoms with Crippen molar-refractivity contribution in [3.8, 4) is 5.82 Å². The summed E-state index contributed by atoms with van der Waals surface area (Å²) in [7, 11) is 0. The number of pyridine rings is 1. The fourth-order valence-electron chi connectivity index (χ4n) is 3.64. The number of carbonyl (C=O) groups excluding carboxylic acids is 2. The first kappa shape index (κ1) is 22.4. The minimum Gasteiger partial charge on any atom is -0.303 e. The Morgan fingerprint density at radius 1 is 1.06 bits per heavy atom. The third-order valence-corrected chi connectivity index (χ3v) is 5.47. The predicted octanol–water partition coefficient (Wildman–Crippen LogP) is 4.34. The lowest BCUT2D eigenvalue weighted by Crippen LogP contribution is -2.54. The first-order chi connectivity index (χ1) is 15.6. The maximum Gasteiger partial charge on any atom is 0.416 e. The maximum absolute atomic E-state index is 13.2. The highest BCUT2D eigenvalue weighted by molar-refractivity contribution is 7.80. The van der Waals surface area contributed by atoms with Gasteiger partial charge in [0.2, 0.25) is 0 Å². The number of alkyl halides is 3.